The van der Waals surface area contributed by atoms with Crippen LogP contribution in [0.5, 0.6) is 17.2 Å². The maximum Gasteiger partial charge on any atom is 0.259 e. The summed E-state index contributed by atoms with van der Waals surface area (Å²) >= 11 is 12.9. The van der Waals surface area contributed by atoms with Crippen LogP contribution in [-0.2, 0) is 6.54 Å². The number of halogens is 2. The van der Waals surface area contributed by atoms with E-state index in [1.807, 2.05) is 18.2 Å². The molecule has 2 aromatic carbocycles. The Morgan fingerprint density at radius 1 is 1.09 bits per heavy atom. The molecule has 7 nitrogen and oxygen atoms in total. The van der Waals surface area contributed by atoms with E-state index in [1.54, 1.807) is 35.8 Å². The normalized spacial score (nSPS) is 16.2. The quantitative estimate of drug-likeness (QED) is 0.592. The third-order valence-corrected chi connectivity index (χ3v) is 6.42. The van der Waals surface area contributed by atoms with Crippen molar-refractivity contribution >= 4 is 23.2 Å². The van der Waals surface area contributed by atoms with Crippen molar-refractivity contribution in [3.8, 4) is 23.3 Å². The summed E-state index contributed by atoms with van der Waals surface area (Å²) < 4.78 is 18.1. The zero-order valence-electron chi connectivity index (χ0n) is 17.4. The molecule has 2 aliphatic heterocycles. The number of fused-ring (bicyclic) bond motifs is 2. The highest BCUT2D eigenvalue weighted by atomic mass is 35.5. The molecule has 0 saturated carbocycles. The average Bonchev–Trinajstić information content (AvgIpc) is 3.24. The molecule has 0 bridgehead atoms. The fourth-order valence-corrected chi connectivity index (χ4v) is 4.80. The van der Waals surface area contributed by atoms with Crippen molar-refractivity contribution < 1.29 is 14.2 Å². The lowest BCUT2D eigenvalue weighted by molar-refractivity contribution is 0.174. The maximum absolute atomic E-state index is 13.8. The summed E-state index contributed by atoms with van der Waals surface area (Å²) in [6, 6.07) is 14.3. The fourth-order valence-electron chi connectivity index (χ4n) is 4.18. The van der Waals surface area contributed by atoms with Crippen LogP contribution in [0.25, 0.3) is 0 Å². The Morgan fingerprint density at radius 3 is 2.55 bits per heavy atom. The molecule has 1 atom stereocenters. The minimum absolute atomic E-state index is 0.0769. The molecule has 2 N–H and O–H groups in total. The summed E-state index contributed by atoms with van der Waals surface area (Å²) in [6.45, 7) is 2.24. The highest BCUT2D eigenvalue weighted by Crippen LogP contribution is 2.45. The minimum atomic E-state index is -0.865. The van der Waals surface area contributed by atoms with Crippen molar-refractivity contribution in [2.45, 2.75) is 19.4 Å². The minimum Gasteiger partial charge on any atom is -0.454 e. The number of nitrogens with zero attached hydrogens (tertiary/aromatic N) is 2. The van der Waals surface area contributed by atoms with E-state index in [2.05, 4.69) is 6.07 Å². The molecular weight excluding hydrogens is 465 g/mol. The first-order valence-corrected chi connectivity index (χ1v) is 10.8. The molecule has 0 unspecified atom stereocenters. The second kappa shape index (κ2) is 8.07. The molecule has 0 fully saturated rings. The molecule has 1 aromatic heterocycles. The van der Waals surface area contributed by atoms with Gasteiger partial charge in [-0.05, 0) is 36.8 Å². The number of hydrogen-bond acceptors (Lipinski definition) is 6. The van der Waals surface area contributed by atoms with E-state index >= 15 is 0 Å². The van der Waals surface area contributed by atoms with Crippen molar-refractivity contribution in [2.75, 3.05) is 6.79 Å². The first-order valence-electron chi connectivity index (χ1n) is 10.0. The number of aromatic nitrogens is 1. The first kappa shape index (κ1) is 21.3. The van der Waals surface area contributed by atoms with Crippen molar-refractivity contribution in [3.63, 3.8) is 0 Å². The SMILES string of the molecule is Cc1cc2c(c(=O)n1Cc1ccc3c(c1)OCO3)[C@H](c1c(Cl)cccc1Cl)C(C#N)=C(N)O2. The fraction of sp³-hybridized carbons (Fsp3) is 0.167. The van der Waals surface area contributed by atoms with Gasteiger partial charge in [-0.25, -0.2) is 0 Å². The molecule has 0 radical (unpaired) electrons. The second-order valence-electron chi connectivity index (χ2n) is 7.70. The Hall–Kier alpha value is -3.60. The molecule has 5 rings (SSSR count). The lowest BCUT2D eigenvalue weighted by Gasteiger charge is -2.28. The predicted molar refractivity (Wildman–Crippen MR) is 123 cm³/mol. The molecular formula is C24H17Cl2N3O4. The van der Waals surface area contributed by atoms with Crippen LogP contribution in [0.4, 0.5) is 0 Å². The molecule has 3 aromatic rings. The topological polar surface area (TPSA) is 99.5 Å². The molecule has 33 heavy (non-hydrogen) atoms. The summed E-state index contributed by atoms with van der Waals surface area (Å²) in [5, 5.41) is 10.5. The van der Waals surface area contributed by atoms with E-state index in [0.29, 0.717) is 32.8 Å². The summed E-state index contributed by atoms with van der Waals surface area (Å²) in [6.07, 6.45) is 0. The van der Waals surface area contributed by atoms with Crippen molar-refractivity contribution in [2.24, 2.45) is 5.73 Å². The van der Waals surface area contributed by atoms with Crippen LogP contribution < -0.4 is 25.5 Å². The number of aryl methyl sites for hydroxylation is 1. The number of nitrogens with two attached hydrogens (primary N) is 1. The van der Waals surface area contributed by atoms with E-state index in [1.165, 1.54) is 0 Å². The van der Waals surface area contributed by atoms with Gasteiger partial charge in [0.15, 0.2) is 11.5 Å². The lowest BCUT2D eigenvalue weighted by Crippen LogP contribution is -2.33. The van der Waals surface area contributed by atoms with Gasteiger partial charge in [0.2, 0.25) is 12.7 Å². The monoisotopic (exact) mass is 481 g/mol. The lowest BCUT2D eigenvalue weighted by atomic mass is 9.84. The van der Waals surface area contributed by atoms with Crippen LogP contribution in [-0.4, -0.2) is 11.4 Å². The van der Waals surface area contributed by atoms with Crippen LogP contribution >= 0.6 is 23.2 Å². The zero-order chi connectivity index (χ0) is 23.3. The Kier molecular flexibility index (Phi) is 5.20. The highest BCUT2D eigenvalue weighted by Gasteiger charge is 2.36. The van der Waals surface area contributed by atoms with Gasteiger partial charge in [0.05, 0.1) is 18.0 Å². The second-order valence-corrected chi connectivity index (χ2v) is 8.52. The summed E-state index contributed by atoms with van der Waals surface area (Å²) in [5.41, 5.74) is 8.00. The van der Waals surface area contributed by atoms with Crippen LogP contribution in [0.3, 0.4) is 0 Å². The molecule has 0 spiro atoms. The molecule has 0 amide bonds. The van der Waals surface area contributed by atoms with Crippen LogP contribution in [0, 0.1) is 18.3 Å². The summed E-state index contributed by atoms with van der Waals surface area (Å²) in [5.74, 6) is 0.614. The third kappa shape index (κ3) is 3.48. The van der Waals surface area contributed by atoms with Crippen LogP contribution in [0.1, 0.15) is 28.3 Å². The van der Waals surface area contributed by atoms with Gasteiger partial charge in [0.1, 0.15) is 17.4 Å². The van der Waals surface area contributed by atoms with Gasteiger partial charge in [-0.15, -0.1) is 0 Å². The largest absolute Gasteiger partial charge is 0.454 e. The van der Waals surface area contributed by atoms with Crippen molar-refractivity contribution in [1.29, 1.82) is 5.26 Å². The molecule has 9 heteroatoms. The highest BCUT2D eigenvalue weighted by molar-refractivity contribution is 6.36. The molecule has 166 valence electrons. The third-order valence-electron chi connectivity index (χ3n) is 5.76. The van der Waals surface area contributed by atoms with Gasteiger partial charge < -0.3 is 24.5 Å². The Bertz CT molecular complexity index is 1420. The van der Waals surface area contributed by atoms with Crippen molar-refractivity contribution in [3.05, 3.63) is 96.7 Å². The van der Waals surface area contributed by atoms with Gasteiger partial charge >= 0.3 is 0 Å². The number of rotatable bonds is 3. The maximum atomic E-state index is 13.8. The Balaban J connectivity index is 1.69. The smallest absolute Gasteiger partial charge is 0.259 e. The van der Waals surface area contributed by atoms with Gasteiger partial charge in [-0.3, -0.25) is 4.79 Å². The van der Waals surface area contributed by atoms with E-state index in [-0.39, 0.29) is 41.7 Å². The average molecular weight is 482 g/mol. The number of hydrogen-bond donors (Lipinski definition) is 1. The molecule has 3 heterocycles. The van der Waals surface area contributed by atoms with E-state index in [9.17, 15) is 10.1 Å². The predicted octanol–water partition coefficient (Wildman–Crippen LogP) is 4.46. The van der Waals surface area contributed by atoms with E-state index in [4.69, 9.17) is 43.1 Å². The number of ether oxygens (including phenoxy) is 3. The number of nitriles is 1. The molecule has 2 aliphatic rings. The summed E-state index contributed by atoms with van der Waals surface area (Å²) in [7, 11) is 0. The Labute approximate surface area is 199 Å². The van der Waals surface area contributed by atoms with E-state index < -0.39 is 5.92 Å². The van der Waals surface area contributed by atoms with Crippen LogP contribution in [0.2, 0.25) is 10.0 Å². The van der Waals surface area contributed by atoms with Gasteiger partial charge in [0, 0.05) is 27.4 Å². The number of allylic oxidation sites excluding steroid dienone is 1. The molecule has 0 aliphatic carbocycles. The van der Waals surface area contributed by atoms with Crippen molar-refractivity contribution in [1.82, 2.24) is 4.57 Å². The van der Waals surface area contributed by atoms with Gasteiger partial charge in [0.25, 0.3) is 5.56 Å². The zero-order valence-corrected chi connectivity index (χ0v) is 18.9. The van der Waals surface area contributed by atoms with Gasteiger partial charge in [-0.1, -0.05) is 35.3 Å². The number of pyridine rings is 1. The molecule has 0 saturated heterocycles. The summed E-state index contributed by atoms with van der Waals surface area (Å²) in [4.78, 5) is 13.8. The van der Waals surface area contributed by atoms with E-state index in [0.717, 1.165) is 5.56 Å². The number of benzene rings is 2. The van der Waals surface area contributed by atoms with Gasteiger partial charge in [-0.2, -0.15) is 5.26 Å². The first-order chi connectivity index (χ1) is 15.9. The standard InChI is InChI=1S/C24H17Cl2N3O4/c1-12-7-19-22(24(30)29(12)10-13-5-6-17-18(8-13)32-11-31-17)20(14(9-27)23(28)33-19)21-15(25)3-2-4-16(21)26/h2-8,20H,10-11,28H2,1H3/t20-/m0/s1. The Morgan fingerprint density at radius 2 is 1.82 bits per heavy atom. The van der Waals surface area contributed by atoms with Crippen LogP contribution in [0.15, 0.2) is 58.7 Å².